The van der Waals surface area contributed by atoms with Gasteiger partial charge in [0.1, 0.15) is 16.5 Å². The topological polar surface area (TPSA) is 66.5 Å². The van der Waals surface area contributed by atoms with E-state index >= 15 is 0 Å². The summed E-state index contributed by atoms with van der Waals surface area (Å²) < 4.78 is 53.1. The second-order valence-electron chi connectivity index (χ2n) is 5.69. The van der Waals surface area contributed by atoms with Gasteiger partial charge in [0.05, 0.1) is 0 Å². The smallest absolute Gasteiger partial charge is 0.258 e. The molecule has 0 unspecified atom stereocenters. The van der Waals surface area contributed by atoms with Crippen LogP contribution in [0.25, 0.3) is 0 Å². The largest absolute Gasteiger partial charge is 0.308 e. The monoisotopic (exact) mass is 366 g/mol. The van der Waals surface area contributed by atoms with Gasteiger partial charge in [0.2, 0.25) is 10.0 Å². The van der Waals surface area contributed by atoms with Crippen LogP contribution >= 0.6 is 0 Å². The normalized spacial score (nSPS) is 14.3. The van der Waals surface area contributed by atoms with Gasteiger partial charge in [-0.2, -0.15) is 0 Å². The van der Waals surface area contributed by atoms with Crippen LogP contribution in [0.5, 0.6) is 0 Å². The fourth-order valence-electron chi connectivity index (χ4n) is 2.88. The number of nitrogens with zero attached hydrogens (tertiary/aromatic N) is 1. The summed E-state index contributed by atoms with van der Waals surface area (Å²) in [6.07, 6.45) is 1.31. The molecule has 1 aliphatic heterocycles. The maximum atomic E-state index is 13.9. The number of amides is 1. The molecule has 132 valence electrons. The minimum absolute atomic E-state index is 0.0485. The van der Waals surface area contributed by atoms with Gasteiger partial charge < -0.3 is 4.90 Å². The summed E-state index contributed by atoms with van der Waals surface area (Å²) >= 11 is 0. The van der Waals surface area contributed by atoms with Crippen molar-refractivity contribution in [1.29, 1.82) is 0 Å². The van der Waals surface area contributed by atoms with Crippen LogP contribution in [-0.2, 0) is 16.4 Å². The van der Waals surface area contributed by atoms with E-state index in [4.69, 9.17) is 0 Å². The number of benzene rings is 2. The number of nitrogens with one attached hydrogen (secondary N) is 1. The number of carbonyl (C=O) groups excluding carboxylic acids is 1. The lowest BCUT2D eigenvalue weighted by Gasteiger charge is -2.29. The van der Waals surface area contributed by atoms with Gasteiger partial charge in [-0.3, -0.25) is 4.79 Å². The van der Waals surface area contributed by atoms with Gasteiger partial charge in [-0.15, -0.1) is 0 Å². The molecule has 1 amide bonds. The van der Waals surface area contributed by atoms with E-state index in [9.17, 15) is 22.0 Å². The van der Waals surface area contributed by atoms with Gasteiger partial charge in [0, 0.05) is 17.8 Å². The van der Waals surface area contributed by atoms with Crippen LogP contribution in [-0.4, -0.2) is 27.9 Å². The molecule has 1 aliphatic rings. The fourth-order valence-corrected chi connectivity index (χ4v) is 3.71. The number of halogens is 2. The van der Waals surface area contributed by atoms with Crippen LogP contribution in [0, 0.1) is 11.6 Å². The Morgan fingerprint density at radius 2 is 1.92 bits per heavy atom. The molecule has 3 rings (SSSR count). The Bertz CT molecular complexity index is 945. The molecule has 1 heterocycles. The molecular formula is C17H16F2N2O3S. The van der Waals surface area contributed by atoms with E-state index < -0.39 is 26.6 Å². The first kappa shape index (κ1) is 17.5. The number of sulfonamides is 1. The van der Waals surface area contributed by atoms with Crippen molar-refractivity contribution in [1.82, 2.24) is 4.72 Å². The van der Waals surface area contributed by atoms with E-state index in [1.54, 1.807) is 0 Å². The van der Waals surface area contributed by atoms with Gasteiger partial charge in [0.25, 0.3) is 5.91 Å². The Kier molecular flexibility index (Phi) is 4.57. The SMILES string of the molecule is CNS(=O)(=O)c1cc(C(=O)N2CCCc3cc(F)ccc32)ccc1F. The molecule has 2 aromatic rings. The summed E-state index contributed by atoms with van der Waals surface area (Å²) in [6, 6.07) is 7.39. The van der Waals surface area contributed by atoms with Crippen molar-refractivity contribution in [2.75, 3.05) is 18.5 Å². The molecule has 0 fully saturated rings. The van der Waals surface area contributed by atoms with Gasteiger partial charge in [0.15, 0.2) is 0 Å². The molecule has 0 aromatic heterocycles. The molecule has 2 aromatic carbocycles. The van der Waals surface area contributed by atoms with Crippen LogP contribution in [0.4, 0.5) is 14.5 Å². The molecule has 25 heavy (non-hydrogen) atoms. The second-order valence-corrected chi connectivity index (χ2v) is 7.54. The van der Waals surface area contributed by atoms with Crippen molar-refractivity contribution in [3.05, 3.63) is 59.2 Å². The Morgan fingerprint density at radius 3 is 2.64 bits per heavy atom. The lowest BCUT2D eigenvalue weighted by Crippen LogP contribution is -2.35. The van der Waals surface area contributed by atoms with Crippen LogP contribution < -0.4 is 9.62 Å². The van der Waals surface area contributed by atoms with E-state index in [1.807, 2.05) is 4.72 Å². The summed E-state index contributed by atoms with van der Waals surface area (Å²) in [7, 11) is -2.86. The third kappa shape index (κ3) is 3.27. The van der Waals surface area contributed by atoms with Gasteiger partial charge >= 0.3 is 0 Å². The van der Waals surface area contributed by atoms with Crippen molar-refractivity contribution in [3.63, 3.8) is 0 Å². The van der Waals surface area contributed by atoms with E-state index in [1.165, 1.54) is 36.2 Å². The Labute approximate surface area is 144 Å². The van der Waals surface area contributed by atoms with E-state index in [-0.39, 0.29) is 11.4 Å². The lowest BCUT2D eigenvalue weighted by atomic mass is 10.0. The van der Waals surface area contributed by atoms with Crippen LogP contribution in [0.2, 0.25) is 0 Å². The third-order valence-corrected chi connectivity index (χ3v) is 5.57. The number of aryl methyl sites for hydroxylation is 1. The molecule has 0 atom stereocenters. The predicted octanol–water partition coefficient (Wildman–Crippen LogP) is 2.47. The molecule has 0 bridgehead atoms. The zero-order valence-electron chi connectivity index (χ0n) is 13.4. The highest BCUT2D eigenvalue weighted by atomic mass is 32.2. The zero-order chi connectivity index (χ0) is 18.2. The molecular weight excluding hydrogens is 350 g/mol. The van der Waals surface area contributed by atoms with Gasteiger partial charge in [-0.05, 0) is 61.9 Å². The summed E-state index contributed by atoms with van der Waals surface area (Å²) in [6.45, 7) is 0.420. The first-order valence-electron chi connectivity index (χ1n) is 7.67. The molecule has 8 heteroatoms. The second kappa shape index (κ2) is 6.53. The molecule has 0 saturated heterocycles. The average molecular weight is 366 g/mol. The molecule has 0 aliphatic carbocycles. The maximum absolute atomic E-state index is 13.9. The quantitative estimate of drug-likeness (QED) is 0.908. The highest BCUT2D eigenvalue weighted by molar-refractivity contribution is 7.89. The number of hydrogen-bond acceptors (Lipinski definition) is 3. The highest BCUT2D eigenvalue weighted by Crippen LogP contribution is 2.29. The highest BCUT2D eigenvalue weighted by Gasteiger charge is 2.26. The molecule has 0 spiro atoms. The minimum atomic E-state index is -4.03. The lowest BCUT2D eigenvalue weighted by molar-refractivity contribution is 0.0985. The third-order valence-electron chi connectivity index (χ3n) is 4.14. The van der Waals surface area contributed by atoms with Crippen molar-refractivity contribution in [3.8, 4) is 0 Å². The van der Waals surface area contributed by atoms with Crippen molar-refractivity contribution < 1.29 is 22.0 Å². The first-order valence-corrected chi connectivity index (χ1v) is 9.15. The van der Waals surface area contributed by atoms with Crippen LogP contribution in [0.1, 0.15) is 22.3 Å². The fraction of sp³-hybridized carbons (Fsp3) is 0.235. The number of rotatable bonds is 3. The molecule has 0 saturated carbocycles. The molecule has 5 nitrogen and oxygen atoms in total. The summed E-state index contributed by atoms with van der Waals surface area (Å²) in [5.41, 5.74) is 1.34. The molecule has 0 radical (unpaired) electrons. The number of fused-ring (bicyclic) bond motifs is 1. The number of anilines is 1. The van der Waals surface area contributed by atoms with Crippen molar-refractivity contribution in [2.24, 2.45) is 0 Å². The Morgan fingerprint density at radius 1 is 1.16 bits per heavy atom. The Balaban J connectivity index is 2.02. The van der Waals surface area contributed by atoms with E-state index in [0.29, 0.717) is 30.6 Å². The maximum Gasteiger partial charge on any atom is 0.258 e. The van der Waals surface area contributed by atoms with Gasteiger partial charge in [-0.1, -0.05) is 0 Å². The molecule has 1 N–H and O–H groups in total. The summed E-state index contributed by atoms with van der Waals surface area (Å²) in [5, 5.41) is 0. The number of hydrogen-bond donors (Lipinski definition) is 1. The Hall–Kier alpha value is -2.32. The van der Waals surface area contributed by atoms with Crippen LogP contribution in [0.3, 0.4) is 0 Å². The van der Waals surface area contributed by atoms with Crippen molar-refractivity contribution in [2.45, 2.75) is 17.7 Å². The average Bonchev–Trinajstić information content (AvgIpc) is 2.60. The summed E-state index contributed by atoms with van der Waals surface area (Å²) in [5.74, 6) is -1.77. The number of carbonyl (C=O) groups is 1. The van der Waals surface area contributed by atoms with E-state index in [2.05, 4.69) is 0 Å². The first-order chi connectivity index (χ1) is 11.8. The standard InChI is InChI=1S/C17H16F2N2O3S/c1-20-25(23,24)16-10-12(4-6-14(16)19)17(22)21-8-2-3-11-9-13(18)5-7-15(11)21/h4-7,9-10,20H,2-3,8H2,1H3. The van der Waals surface area contributed by atoms with Crippen LogP contribution in [0.15, 0.2) is 41.3 Å². The zero-order valence-corrected chi connectivity index (χ0v) is 14.2. The predicted molar refractivity (Wildman–Crippen MR) is 89.0 cm³/mol. The van der Waals surface area contributed by atoms with E-state index in [0.717, 1.165) is 12.1 Å². The summed E-state index contributed by atoms with van der Waals surface area (Å²) in [4.78, 5) is 13.7. The van der Waals surface area contributed by atoms with Gasteiger partial charge in [-0.25, -0.2) is 21.9 Å². The minimum Gasteiger partial charge on any atom is -0.308 e. The van der Waals surface area contributed by atoms with Crippen molar-refractivity contribution >= 4 is 21.6 Å².